The summed E-state index contributed by atoms with van der Waals surface area (Å²) in [7, 11) is 0. The van der Waals surface area contributed by atoms with E-state index in [1.54, 1.807) is 0 Å². The lowest BCUT2D eigenvalue weighted by Crippen LogP contribution is -2.25. The normalized spacial score (nSPS) is 13.4. The summed E-state index contributed by atoms with van der Waals surface area (Å²) in [6.07, 6.45) is 4.39. The van der Waals surface area contributed by atoms with Gasteiger partial charge in [-0.05, 0) is 64.4 Å². The zero-order valence-corrected chi connectivity index (χ0v) is 24.2. The maximum atomic E-state index is 8.39. The Bertz CT molecular complexity index is 1880. The van der Waals surface area contributed by atoms with Crippen molar-refractivity contribution < 1.29 is 1.37 Å². The molecule has 206 valence electrons. The molecule has 0 fully saturated rings. The molecular formula is C39H35N3. The van der Waals surface area contributed by atoms with Crippen LogP contribution in [-0.4, -0.2) is 14.8 Å². The Morgan fingerprint density at radius 3 is 1.81 bits per heavy atom. The van der Waals surface area contributed by atoms with Gasteiger partial charge in [-0.15, -0.1) is 10.2 Å². The van der Waals surface area contributed by atoms with Gasteiger partial charge in [0.1, 0.15) is 0 Å². The average molecular weight is 547 g/mol. The fourth-order valence-electron chi connectivity index (χ4n) is 6.96. The van der Waals surface area contributed by atoms with Gasteiger partial charge in [-0.1, -0.05) is 136 Å². The van der Waals surface area contributed by atoms with Crippen LogP contribution < -0.4 is 0 Å². The average Bonchev–Trinajstić information content (AvgIpc) is 3.60. The fourth-order valence-corrected chi connectivity index (χ4v) is 6.96. The molecule has 0 aliphatic heterocycles. The Labute approximate surface area is 249 Å². The SMILES string of the molecule is [2H]c1ccc2c(c1)C(CCC)(CCC)c1cc(-c3ccc(-c4nnc(-c5ccccc5)n4-c4ccccc4)cc3)ccc1-2. The van der Waals surface area contributed by atoms with E-state index in [9.17, 15) is 0 Å². The first-order valence-electron chi connectivity index (χ1n) is 15.6. The monoisotopic (exact) mass is 546 g/mol. The third-order valence-electron chi connectivity index (χ3n) is 8.74. The van der Waals surface area contributed by atoms with Gasteiger partial charge in [0, 0.05) is 22.2 Å². The number of rotatable bonds is 8. The Kier molecular flexibility index (Phi) is 6.49. The maximum Gasteiger partial charge on any atom is 0.168 e. The van der Waals surface area contributed by atoms with Crippen molar-refractivity contribution in [3.63, 3.8) is 0 Å². The number of nitrogens with zero attached hydrogens (tertiary/aromatic N) is 3. The Morgan fingerprint density at radius 2 is 1.14 bits per heavy atom. The first-order chi connectivity index (χ1) is 21.1. The maximum absolute atomic E-state index is 8.39. The van der Waals surface area contributed by atoms with Gasteiger partial charge in [0.25, 0.3) is 0 Å². The van der Waals surface area contributed by atoms with Crippen LogP contribution in [0.1, 0.15) is 52.0 Å². The first-order valence-corrected chi connectivity index (χ1v) is 15.1. The number of benzene rings is 5. The van der Waals surface area contributed by atoms with Crippen LogP contribution in [0.2, 0.25) is 0 Å². The zero-order chi connectivity index (χ0) is 29.4. The van der Waals surface area contributed by atoms with Crippen LogP contribution in [0.4, 0.5) is 0 Å². The van der Waals surface area contributed by atoms with Crippen molar-refractivity contribution in [2.75, 3.05) is 0 Å². The molecule has 0 saturated carbocycles. The molecule has 0 N–H and O–H groups in total. The van der Waals surface area contributed by atoms with Crippen molar-refractivity contribution in [1.82, 2.24) is 14.8 Å². The summed E-state index contributed by atoms with van der Waals surface area (Å²) in [6, 6.07) is 43.0. The molecule has 0 spiro atoms. The molecule has 0 amide bonds. The molecule has 42 heavy (non-hydrogen) atoms. The number of hydrogen-bond donors (Lipinski definition) is 0. The third kappa shape index (κ3) is 4.28. The topological polar surface area (TPSA) is 30.7 Å². The van der Waals surface area contributed by atoms with E-state index in [4.69, 9.17) is 1.37 Å². The van der Waals surface area contributed by atoms with Gasteiger partial charge in [-0.25, -0.2) is 0 Å². The molecule has 1 heterocycles. The van der Waals surface area contributed by atoms with Gasteiger partial charge in [-0.3, -0.25) is 4.57 Å². The van der Waals surface area contributed by atoms with E-state index in [1.165, 1.54) is 33.4 Å². The van der Waals surface area contributed by atoms with Crippen LogP contribution in [0.15, 0.2) is 127 Å². The molecule has 0 bridgehead atoms. The number of aromatic nitrogens is 3. The standard InChI is InChI=1S/C39H35N3/c1-3-25-39(26-4-2)35-18-12-11-17-33(35)34-24-23-31(27-36(34)39)28-19-21-30(22-20-28)38-41-40-37(29-13-7-5-8-14-29)42(38)32-15-9-6-10-16-32/h5-24,27H,3-4,25-26H2,1-2H3/i12D. The Morgan fingerprint density at radius 1 is 0.571 bits per heavy atom. The van der Waals surface area contributed by atoms with Crippen LogP contribution in [0.3, 0.4) is 0 Å². The second-order valence-corrected chi connectivity index (χ2v) is 11.3. The molecule has 0 saturated heterocycles. The summed E-state index contributed by atoms with van der Waals surface area (Å²) in [5.74, 6) is 1.64. The minimum atomic E-state index is -0.0406. The number of hydrogen-bond acceptors (Lipinski definition) is 2. The smallest absolute Gasteiger partial charge is 0.168 e. The van der Waals surface area contributed by atoms with Gasteiger partial charge in [-0.2, -0.15) is 0 Å². The van der Waals surface area contributed by atoms with Crippen molar-refractivity contribution in [1.29, 1.82) is 0 Å². The lowest BCUT2D eigenvalue weighted by atomic mass is 9.71. The summed E-state index contributed by atoms with van der Waals surface area (Å²) in [5, 5.41) is 9.31. The summed E-state index contributed by atoms with van der Waals surface area (Å²) in [5.41, 5.74) is 10.8. The van der Waals surface area contributed by atoms with Crippen molar-refractivity contribution in [3.05, 3.63) is 138 Å². The van der Waals surface area contributed by atoms with Gasteiger partial charge < -0.3 is 0 Å². The largest absolute Gasteiger partial charge is 0.275 e. The quantitative estimate of drug-likeness (QED) is 0.190. The van der Waals surface area contributed by atoms with Gasteiger partial charge in [0.05, 0.1) is 1.37 Å². The molecule has 5 aromatic carbocycles. The zero-order valence-electron chi connectivity index (χ0n) is 25.2. The molecule has 1 aromatic heterocycles. The summed E-state index contributed by atoms with van der Waals surface area (Å²) in [6.45, 7) is 4.55. The molecule has 0 unspecified atom stereocenters. The molecule has 0 atom stereocenters. The lowest BCUT2D eigenvalue weighted by Gasteiger charge is -2.32. The van der Waals surface area contributed by atoms with Crippen LogP contribution in [-0.2, 0) is 5.41 Å². The minimum absolute atomic E-state index is 0.0406. The van der Waals surface area contributed by atoms with Gasteiger partial charge in [0.2, 0.25) is 0 Å². The summed E-state index contributed by atoms with van der Waals surface area (Å²) >= 11 is 0. The van der Waals surface area contributed by atoms with Crippen LogP contribution in [0.25, 0.3) is 50.7 Å². The highest BCUT2D eigenvalue weighted by Gasteiger charge is 2.41. The van der Waals surface area contributed by atoms with Crippen molar-refractivity contribution >= 4 is 0 Å². The van der Waals surface area contributed by atoms with E-state index in [0.29, 0.717) is 6.04 Å². The number of fused-ring (bicyclic) bond motifs is 3. The molecule has 3 heteroatoms. The van der Waals surface area contributed by atoms with Crippen molar-refractivity contribution in [3.8, 4) is 50.7 Å². The van der Waals surface area contributed by atoms with Crippen LogP contribution in [0.5, 0.6) is 0 Å². The highest BCUT2D eigenvalue weighted by molar-refractivity contribution is 5.84. The molecule has 3 nitrogen and oxygen atoms in total. The van der Waals surface area contributed by atoms with E-state index in [2.05, 4.69) is 107 Å². The Hall–Kier alpha value is -4.76. The molecule has 1 aliphatic carbocycles. The highest BCUT2D eigenvalue weighted by atomic mass is 15.3. The van der Waals surface area contributed by atoms with Crippen molar-refractivity contribution in [2.24, 2.45) is 0 Å². The van der Waals surface area contributed by atoms with Gasteiger partial charge >= 0.3 is 0 Å². The molecular weight excluding hydrogens is 510 g/mol. The van der Waals surface area contributed by atoms with E-state index in [-0.39, 0.29) is 5.41 Å². The molecule has 1 aliphatic rings. The van der Waals surface area contributed by atoms with Crippen LogP contribution >= 0.6 is 0 Å². The van der Waals surface area contributed by atoms with E-state index < -0.39 is 0 Å². The minimum Gasteiger partial charge on any atom is -0.275 e. The lowest BCUT2D eigenvalue weighted by molar-refractivity contribution is 0.436. The fraction of sp³-hybridized carbons (Fsp3) is 0.179. The van der Waals surface area contributed by atoms with E-state index in [0.717, 1.165) is 54.1 Å². The molecule has 7 rings (SSSR count). The third-order valence-corrected chi connectivity index (χ3v) is 8.74. The number of para-hydroxylation sites is 1. The highest BCUT2D eigenvalue weighted by Crippen LogP contribution is 2.54. The predicted octanol–water partition coefficient (Wildman–Crippen LogP) is 10.1. The summed E-state index contributed by atoms with van der Waals surface area (Å²) in [4.78, 5) is 0. The van der Waals surface area contributed by atoms with E-state index in [1.807, 2.05) is 42.5 Å². The second kappa shape index (κ2) is 10.9. The molecule has 6 aromatic rings. The predicted molar refractivity (Wildman–Crippen MR) is 174 cm³/mol. The van der Waals surface area contributed by atoms with Crippen molar-refractivity contribution in [2.45, 2.75) is 44.9 Å². The second-order valence-electron chi connectivity index (χ2n) is 11.3. The Balaban J connectivity index is 1.30. The molecule has 0 radical (unpaired) electrons. The van der Waals surface area contributed by atoms with E-state index >= 15 is 0 Å². The summed E-state index contributed by atoms with van der Waals surface area (Å²) < 4.78 is 10.5. The van der Waals surface area contributed by atoms with Crippen LogP contribution in [0, 0.1) is 0 Å². The first kappa shape index (κ1) is 25.0. The van der Waals surface area contributed by atoms with Gasteiger partial charge in [0.15, 0.2) is 11.6 Å².